The van der Waals surface area contributed by atoms with E-state index in [9.17, 15) is 14.0 Å². The summed E-state index contributed by atoms with van der Waals surface area (Å²) in [6.07, 6.45) is 0. The van der Waals surface area contributed by atoms with Crippen molar-refractivity contribution in [2.24, 2.45) is 0 Å². The van der Waals surface area contributed by atoms with Gasteiger partial charge in [0.1, 0.15) is 5.82 Å². The van der Waals surface area contributed by atoms with Gasteiger partial charge in [0.15, 0.2) is 0 Å². The summed E-state index contributed by atoms with van der Waals surface area (Å²) in [6, 6.07) is 9.02. The first kappa shape index (κ1) is 11.6. The maximum absolute atomic E-state index is 13.7. The van der Waals surface area contributed by atoms with E-state index in [0.29, 0.717) is 29.4 Å². The minimum atomic E-state index is -0.404. The molecular weight excluding hydrogens is 247 g/mol. The van der Waals surface area contributed by atoms with Crippen LogP contribution in [-0.4, -0.2) is 29.9 Å². The molecule has 2 aromatic carbocycles. The number of benzene rings is 2. The van der Waals surface area contributed by atoms with Gasteiger partial charge in [0.25, 0.3) is 5.91 Å². The van der Waals surface area contributed by atoms with E-state index in [-0.39, 0.29) is 5.82 Å². The summed E-state index contributed by atoms with van der Waals surface area (Å²) < 4.78 is 13.7. The standard InChI is InChI=1S/C14H11FN2O2/c15-12-6-5-11(9-3-1-2-4-10(9)12)13(18)17-8-7-16-14(17)19/h1-6H,7-8H2,(H,16,19). The Balaban J connectivity index is 2.13. The summed E-state index contributed by atoms with van der Waals surface area (Å²) in [7, 11) is 0. The van der Waals surface area contributed by atoms with Gasteiger partial charge in [0.05, 0.1) is 0 Å². The van der Waals surface area contributed by atoms with Gasteiger partial charge in [-0.05, 0) is 17.5 Å². The van der Waals surface area contributed by atoms with E-state index in [0.717, 1.165) is 4.90 Å². The number of imide groups is 1. The molecule has 2 aromatic rings. The number of halogens is 1. The largest absolute Gasteiger partial charge is 0.336 e. The molecule has 0 saturated carbocycles. The van der Waals surface area contributed by atoms with Crippen molar-refractivity contribution in [2.45, 2.75) is 0 Å². The zero-order chi connectivity index (χ0) is 13.4. The topological polar surface area (TPSA) is 49.4 Å². The lowest BCUT2D eigenvalue weighted by Gasteiger charge is -2.14. The van der Waals surface area contributed by atoms with Gasteiger partial charge in [0.2, 0.25) is 0 Å². The van der Waals surface area contributed by atoms with E-state index in [1.165, 1.54) is 12.1 Å². The number of rotatable bonds is 1. The number of fused-ring (bicyclic) bond motifs is 1. The minimum absolute atomic E-state index is 0.337. The fourth-order valence-corrected chi connectivity index (χ4v) is 2.26. The van der Waals surface area contributed by atoms with Gasteiger partial charge in [0, 0.05) is 24.0 Å². The lowest BCUT2D eigenvalue weighted by Crippen LogP contribution is -2.34. The third kappa shape index (κ3) is 1.83. The molecule has 1 aliphatic heterocycles. The minimum Gasteiger partial charge on any atom is -0.336 e. The van der Waals surface area contributed by atoms with Crippen molar-refractivity contribution in [3.8, 4) is 0 Å². The number of nitrogens with zero attached hydrogens (tertiary/aromatic N) is 1. The summed E-state index contributed by atoms with van der Waals surface area (Å²) in [5.74, 6) is -0.774. The highest BCUT2D eigenvalue weighted by Crippen LogP contribution is 2.23. The fraction of sp³-hybridized carbons (Fsp3) is 0.143. The van der Waals surface area contributed by atoms with E-state index < -0.39 is 11.9 Å². The number of carbonyl (C=O) groups excluding carboxylic acids is 2. The molecule has 96 valence electrons. The summed E-state index contributed by atoms with van der Waals surface area (Å²) in [5.41, 5.74) is 0.342. The Hall–Kier alpha value is -2.43. The summed E-state index contributed by atoms with van der Waals surface area (Å²) in [4.78, 5) is 25.0. The normalized spacial score (nSPS) is 14.8. The molecule has 4 nitrogen and oxygen atoms in total. The Morgan fingerprint density at radius 1 is 1.16 bits per heavy atom. The molecule has 0 unspecified atom stereocenters. The zero-order valence-electron chi connectivity index (χ0n) is 10.0. The van der Waals surface area contributed by atoms with Crippen molar-refractivity contribution in [1.29, 1.82) is 0 Å². The second-order valence-corrected chi connectivity index (χ2v) is 4.33. The van der Waals surface area contributed by atoms with Gasteiger partial charge in [-0.25, -0.2) is 9.18 Å². The van der Waals surface area contributed by atoms with Crippen LogP contribution in [0.25, 0.3) is 10.8 Å². The van der Waals surface area contributed by atoms with Crippen molar-refractivity contribution >= 4 is 22.7 Å². The van der Waals surface area contributed by atoms with Crippen LogP contribution in [-0.2, 0) is 0 Å². The highest BCUT2D eigenvalue weighted by atomic mass is 19.1. The monoisotopic (exact) mass is 258 g/mol. The Bertz CT molecular complexity index is 684. The maximum atomic E-state index is 13.7. The van der Waals surface area contributed by atoms with Crippen LogP contribution in [0.2, 0.25) is 0 Å². The number of urea groups is 1. The average molecular weight is 258 g/mol. The van der Waals surface area contributed by atoms with Crippen molar-refractivity contribution in [3.63, 3.8) is 0 Å². The quantitative estimate of drug-likeness (QED) is 0.852. The van der Waals surface area contributed by atoms with Crippen molar-refractivity contribution in [1.82, 2.24) is 10.2 Å². The van der Waals surface area contributed by atoms with Gasteiger partial charge in [-0.15, -0.1) is 0 Å². The smallest absolute Gasteiger partial charge is 0.324 e. The molecule has 1 N–H and O–H groups in total. The first-order valence-electron chi connectivity index (χ1n) is 5.95. The average Bonchev–Trinajstić information content (AvgIpc) is 2.85. The SMILES string of the molecule is O=C1NCCN1C(=O)c1ccc(F)c2ccccc12. The molecular formula is C14H11FN2O2. The van der Waals surface area contributed by atoms with E-state index in [1.807, 2.05) is 0 Å². The van der Waals surface area contributed by atoms with Crippen LogP contribution >= 0.6 is 0 Å². The van der Waals surface area contributed by atoms with E-state index in [2.05, 4.69) is 5.32 Å². The van der Waals surface area contributed by atoms with Crippen LogP contribution in [0.3, 0.4) is 0 Å². The molecule has 1 heterocycles. The van der Waals surface area contributed by atoms with Crippen LogP contribution in [0.15, 0.2) is 36.4 Å². The van der Waals surface area contributed by atoms with Crippen molar-refractivity contribution in [2.75, 3.05) is 13.1 Å². The third-order valence-corrected chi connectivity index (χ3v) is 3.20. The van der Waals surface area contributed by atoms with Crippen molar-refractivity contribution in [3.05, 3.63) is 47.8 Å². The predicted octanol–water partition coefficient (Wildman–Crippen LogP) is 2.14. The van der Waals surface area contributed by atoms with Gasteiger partial charge >= 0.3 is 6.03 Å². The van der Waals surface area contributed by atoms with Gasteiger partial charge in [-0.2, -0.15) is 0 Å². The number of hydrogen-bond donors (Lipinski definition) is 1. The lowest BCUT2D eigenvalue weighted by molar-refractivity contribution is 0.0831. The molecule has 3 rings (SSSR count). The molecule has 0 radical (unpaired) electrons. The lowest BCUT2D eigenvalue weighted by atomic mass is 10.0. The van der Waals surface area contributed by atoms with Crippen LogP contribution in [0.5, 0.6) is 0 Å². The van der Waals surface area contributed by atoms with E-state index in [1.54, 1.807) is 24.3 Å². The third-order valence-electron chi connectivity index (χ3n) is 3.20. The Labute approximate surface area is 108 Å². The van der Waals surface area contributed by atoms with E-state index in [4.69, 9.17) is 0 Å². The molecule has 3 amide bonds. The van der Waals surface area contributed by atoms with Crippen LogP contribution in [0, 0.1) is 5.82 Å². The Kier molecular flexibility index (Phi) is 2.67. The second-order valence-electron chi connectivity index (χ2n) is 4.33. The van der Waals surface area contributed by atoms with E-state index >= 15 is 0 Å². The number of hydrogen-bond acceptors (Lipinski definition) is 2. The molecule has 0 bridgehead atoms. The Morgan fingerprint density at radius 3 is 2.58 bits per heavy atom. The summed E-state index contributed by atoms with van der Waals surface area (Å²) >= 11 is 0. The van der Waals surface area contributed by atoms with Gasteiger partial charge in [-0.3, -0.25) is 9.69 Å². The molecule has 19 heavy (non-hydrogen) atoms. The zero-order valence-corrected chi connectivity index (χ0v) is 10.0. The molecule has 1 aliphatic rings. The molecule has 0 atom stereocenters. The number of carbonyl (C=O) groups is 2. The second kappa shape index (κ2) is 4.35. The molecule has 5 heteroatoms. The highest BCUT2D eigenvalue weighted by Gasteiger charge is 2.28. The van der Waals surface area contributed by atoms with Crippen LogP contribution in [0.1, 0.15) is 10.4 Å². The van der Waals surface area contributed by atoms with Crippen LogP contribution in [0.4, 0.5) is 9.18 Å². The molecule has 1 fully saturated rings. The molecule has 0 aromatic heterocycles. The molecule has 1 saturated heterocycles. The summed E-state index contributed by atoms with van der Waals surface area (Å²) in [5, 5.41) is 3.47. The molecule has 0 aliphatic carbocycles. The maximum Gasteiger partial charge on any atom is 0.324 e. The van der Waals surface area contributed by atoms with Crippen molar-refractivity contribution < 1.29 is 14.0 Å². The van der Waals surface area contributed by atoms with Crippen LogP contribution < -0.4 is 5.32 Å². The first-order chi connectivity index (χ1) is 9.18. The first-order valence-corrected chi connectivity index (χ1v) is 5.95. The number of amides is 3. The highest BCUT2D eigenvalue weighted by molar-refractivity contribution is 6.12. The van der Waals surface area contributed by atoms with Gasteiger partial charge < -0.3 is 5.32 Å². The summed E-state index contributed by atoms with van der Waals surface area (Å²) in [6.45, 7) is 0.785. The fourth-order valence-electron chi connectivity index (χ4n) is 2.26. The number of nitrogens with one attached hydrogen (secondary N) is 1. The molecule has 0 spiro atoms. The predicted molar refractivity (Wildman–Crippen MR) is 68.3 cm³/mol. The Morgan fingerprint density at radius 2 is 1.89 bits per heavy atom. The van der Waals surface area contributed by atoms with Gasteiger partial charge in [-0.1, -0.05) is 24.3 Å².